The van der Waals surface area contributed by atoms with Crippen molar-refractivity contribution in [3.63, 3.8) is 0 Å². The van der Waals surface area contributed by atoms with Crippen LogP contribution in [0.4, 0.5) is 9.28 Å². The van der Waals surface area contributed by atoms with Crippen LogP contribution >= 0.6 is 0 Å². The molecule has 4 fully saturated rings. The number of carbonyl (C=O) groups is 2. The number of hydrogen-bond acceptors (Lipinski definition) is 7. The summed E-state index contributed by atoms with van der Waals surface area (Å²) in [7, 11) is 1.66. The topological polar surface area (TPSA) is 114 Å². The number of amides is 2. The van der Waals surface area contributed by atoms with Gasteiger partial charge in [-0.25, -0.2) is 4.79 Å². The molecule has 2 saturated carbocycles. The van der Waals surface area contributed by atoms with Crippen molar-refractivity contribution in [1.29, 1.82) is 0 Å². The molecule has 35 heavy (non-hydrogen) atoms. The van der Waals surface area contributed by atoms with Crippen LogP contribution in [0.1, 0.15) is 65.7 Å². The van der Waals surface area contributed by atoms with E-state index in [-0.39, 0.29) is 60.0 Å². The summed E-state index contributed by atoms with van der Waals surface area (Å²) < 4.78 is 36.1. The van der Waals surface area contributed by atoms with Gasteiger partial charge in [0, 0.05) is 19.2 Å². The van der Waals surface area contributed by atoms with E-state index in [4.69, 9.17) is 18.9 Å². The van der Waals surface area contributed by atoms with E-state index in [1.807, 2.05) is 0 Å². The monoisotopic (exact) mass is 497 g/mol. The summed E-state index contributed by atoms with van der Waals surface area (Å²) >= 11 is 0. The zero-order chi connectivity index (χ0) is 25.2. The molecule has 0 bridgehead atoms. The van der Waals surface area contributed by atoms with E-state index >= 15 is 0 Å². The molecule has 2 aliphatic carbocycles. The highest BCUT2D eigenvalue weighted by Gasteiger charge is 2.72. The molecule has 10 heteroatoms. The van der Waals surface area contributed by atoms with Crippen molar-refractivity contribution < 1.29 is 33.0 Å². The molecule has 4 aliphatic rings. The molecule has 2 saturated heterocycles. The van der Waals surface area contributed by atoms with Crippen LogP contribution in [0.2, 0.25) is 0 Å². The highest BCUT2D eigenvalue weighted by atomic mass is 19.2. The first-order chi connectivity index (χ1) is 16.7. The van der Waals surface area contributed by atoms with Crippen LogP contribution in [-0.4, -0.2) is 73.9 Å². The molecule has 6 atom stereocenters. The van der Waals surface area contributed by atoms with Gasteiger partial charge in [-0.1, -0.05) is 11.6 Å². The number of methoxy groups -OCH3 is 1. The Morgan fingerprint density at radius 2 is 1.77 bits per heavy atom. The third-order valence-electron chi connectivity index (χ3n) is 8.14. The maximum absolute atomic E-state index is 12.8. The number of rotatable bonds is 9. The Labute approximate surface area is 206 Å². The van der Waals surface area contributed by atoms with E-state index < -0.39 is 6.09 Å². The summed E-state index contributed by atoms with van der Waals surface area (Å²) in [6.45, 7) is 6.63. The van der Waals surface area contributed by atoms with Gasteiger partial charge in [0.05, 0.1) is 18.6 Å². The van der Waals surface area contributed by atoms with Crippen molar-refractivity contribution >= 4 is 12.0 Å². The predicted molar refractivity (Wildman–Crippen MR) is 126 cm³/mol. The van der Waals surface area contributed by atoms with Gasteiger partial charge in [0.2, 0.25) is 5.91 Å². The number of nitrogens with one attached hydrogen (secondary N) is 3. The molecule has 4 rings (SSSR count). The lowest BCUT2D eigenvalue weighted by atomic mass is 9.68. The maximum Gasteiger partial charge on any atom is 0.407 e. The average molecular weight is 498 g/mol. The lowest BCUT2D eigenvalue weighted by molar-refractivity contribution is -0.121. The molecule has 0 aromatic rings. The summed E-state index contributed by atoms with van der Waals surface area (Å²) in [5.41, 5.74) is 1.99. The van der Waals surface area contributed by atoms with Gasteiger partial charge in [-0.05, 0) is 65.7 Å². The van der Waals surface area contributed by atoms with Crippen LogP contribution in [0.15, 0.2) is 11.6 Å². The molecular formula is C25H40FN3O6. The van der Waals surface area contributed by atoms with E-state index in [0.717, 1.165) is 38.5 Å². The zero-order valence-electron chi connectivity index (χ0n) is 21.2. The molecule has 0 aromatic carbocycles. The van der Waals surface area contributed by atoms with Gasteiger partial charge in [0.25, 0.3) is 0 Å². The molecule has 0 radical (unpaired) electrons. The van der Waals surface area contributed by atoms with Gasteiger partial charge in [0.1, 0.15) is 30.0 Å². The number of ether oxygens (including phenoxy) is 4. The fourth-order valence-electron chi connectivity index (χ4n) is 6.13. The van der Waals surface area contributed by atoms with Crippen LogP contribution in [0, 0.1) is 5.92 Å². The number of allylic oxidation sites excluding steroid dienone is 1. The van der Waals surface area contributed by atoms with Crippen molar-refractivity contribution in [2.45, 2.75) is 107 Å². The Bertz CT molecular complexity index is 809. The van der Waals surface area contributed by atoms with Gasteiger partial charge >= 0.3 is 6.09 Å². The van der Waals surface area contributed by atoms with Gasteiger partial charge in [-0.15, -0.1) is 10.0 Å². The third-order valence-corrected chi connectivity index (χ3v) is 8.14. The number of carbonyl (C=O) groups excluding carboxylic acids is 2. The van der Waals surface area contributed by atoms with E-state index in [1.54, 1.807) is 7.11 Å². The van der Waals surface area contributed by atoms with E-state index in [0.29, 0.717) is 13.0 Å². The number of halogens is 1. The van der Waals surface area contributed by atoms with Crippen molar-refractivity contribution in [3.05, 3.63) is 11.6 Å². The molecule has 9 nitrogen and oxygen atoms in total. The van der Waals surface area contributed by atoms with Crippen molar-refractivity contribution in [2.75, 3.05) is 20.3 Å². The number of hydrogen-bond donors (Lipinski definition) is 3. The Hall–Kier alpha value is -1.75. The zero-order valence-corrected chi connectivity index (χ0v) is 21.2. The molecule has 2 aliphatic heterocycles. The number of alkyl carbamates (subject to hydrolysis) is 1. The van der Waals surface area contributed by atoms with Crippen LogP contribution in [0.3, 0.4) is 0 Å². The minimum Gasteiger partial charge on any atom is -0.443 e. The van der Waals surface area contributed by atoms with Gasteiger partial charge < -0.3 is 29.6 Å². The largest absolute Gasteiger partial charge is 0.443 e. The lowest BCUT2D eigenvalue weighted by Gasteiger charge is -2.42. The second-order valence-electron chi connectivity index (χ2n) is 10.9. The van der Waals surface area contributed by atoms with Crippen LogP contribution in [0.5, 0.6) is 0 Å². The van der Waals surface area contributed by atoms with E-state index in [1.165, 1.54) is 11.1 Å². The molecule has 3 unspecified atom stereocenters. The Morgan fingerprint density at radius 1 is 1.11 bits per heavy atom. The highest BCUT2D eigenvalue weighted by molar-refractivity contribution is 5.78. The second-order valence-corrected chi connectivity index (χ2v) is 10.9. The van der Waals surface area contributed by atoms with E-state index in [2.05, 4.69) is 37.5 Å². The smallest absolute Gasteiger partial charge is 0.407 e. The summed E-state index contributed by atoms with van der Waals surface area (Å²) in [6.07, 6.45) is 6.38. The summed E-state index contributed by atoms with van der Waals surface area (Å²) in [6, 6.07) is -0.0265. The van der Waals surface area contributed by atoms with Crippen molar-refractivity contribution in [2.24, 2.45) is 5.92 Å². The van der Waals surface area contributed by atoms with Crippen LogP contribution in [-0.2, 0) is 23.7 Å². The quantitative estimate of drug-likeness (QED) is 0.255. The maximum atomic E-state index is 12.8. The molecular weight excluding hydrogens is 457 g/mol. The van der Waals surface area contributed by atoms with Gasteiger partial charge in [-0.3, -0.25) is 4.79 Å². The molecule has 0 aromatic heterocycles. The molecule has 2 heterocycles. The van der Waals surface area contributed by atoms with Crippen molar-refractivity contribution in [3.8, 4) is 0 Å². The molecule has 2 amide bonds. The Morgan fingerprint density at radius 3 is 2.34 bits per heavy atom. The molecule has 198 valence electrons. The number of epoxide rings is 2. The normalized spacial score (nSPS) is 40.0. The van der Waals surface area contributed by atoms with Gasteiger partial charge in [-0.2, -0.15) is 0 Å². The van der Waals surface area contributed by atoms with Crippen LogP contribution in [0.25, 0.3) is 0 Å². The first-order valence-electron chi connectivity index (χ1n) is 12.8. The highest BCUT2D eigenvalue weighted by Crippen LogP contribution is 2.59. The second kappa shape index (κ2) is 10.7. The average Bonchev–Trinajstić information content (AvgIpc) is 3.72. The summed E-state index contributed by atoms with van der Waals surface area (Å²) in [5, 5.41) is 5.79. The fraction of sp³-hybridized carbons (Fsp3) is 0.840. The van der Waals surface area contributed by atoms with Gasteiger partial charge in [0.15, 0.2) is 0 Å². The minimum atomic E-state index is -0.444. The summed E-state index contributed by atoms with van der Waals surface area (Å²) in [5.74, 6) is -0.380. The molecule has 1 spiro atoms. The van der Waals surface area contributed by atoms with Crippen molar-refractivity contribution in [1.82, 2.24) is 16.2 Å². The first kappa shape index (κ1) is 26.3. The first-order valence-corrected chi connectivity index (χ1v) is 12.8. The minimum absolute atomic E-state index is 0.00445. The predicted octanol–water partition coefficient (Wildman–Crippen LogP) is 2.69. The summed E-state index contributed by atoms with van der Waals surface area (Å²) in [4.78, 5) is 24.4. The standard InChI is InChI=1S/C25H40FN3O6/c1-15(2)5-10-19-24(3,35-19)22-21(32-4)18(11-12-25(22)14-33-25)34-23(31)29-17-8-6-16(7-9-17)28-20(30)13-27-26/h5,16-19,21-22,27H,6-14H2,1-4H3,(H,28,30)(H,29,31)/t16-,17-,18?,19-,21?,22?,24+,25+/m1/s1. The SMILES string of the molecule is COC1C(OC(=O)N[C@H]2CC[C@H](NC(=O)CNF)CC2)CC[C@]2(CO2)C1[C@@]1(C)O[C@@H]1CC=C(C)C. The molecule has 3 N–H and O–H groups in total. The Balaban J connectivity index is 1.30. The van der Waals surface area contributed by atoms with E-state index in [9.17, 15) is 14.1 Å². The third kappa shape index (κ3) is 5.98. The lowest BCUT2D eigenvalue weighted by Crippen LogP contribution is -2.56. The fourth-order valence-corrected chi connectivity index (χ4v) is 6.13. The van der Waals surface area contributed by atoms with Crippen LogP contribution < -0.4 is 16.2 Å². The Kier molecular flexibility index (Phi) is 8.05.